The molecule has 1 N–H and O–H groups in total. The minimum absolute atomic E-state index is 0.0850. The van der Waals surface area contributed by atoms with Crippen LogP contribution in [0.3, 0.4) is 0 Å². The van der Waals surface area contributed by atoms with Crippen molar-refractivity contribution in [3.8, 4) is 5.75 Å². The predicted octanol–water partition coefficient (Wildman–Crippen LogP) is 4.41. The molecule has 0 radical (unpaired) electrons. The van der Waals surface area contributed by atoms with Crippen molar-refractivity contribution < 1.29 is 9.53 Å². The summed E-state index contributed by atoms with van der Waals surface area (Å²) in [5.74, 6) is 0.333. The SMILES string of the molecule is C=CCc1c(OCC(=O)NCc2ccccn2)ccc2c1c1ccnc3c4ccccc4c(=O)n2c13. The van der Waals surface area contributed by atoms with E-state index in [2.05, 4.69) is 21.9 Å². The molecule has 0 bridgehead atoms. The number of rotatable bonds is 7. The second kappa shape index (κ2) is 8.78. The summed E-state index contributed by atoms with van der Waals surface area (Å²) in [4.78, 5) is 34.9. The van der Waals surface area contributed by atoms with E-state index < -0.39 is 0 Å². The van der Waals surface area contributed by atoms with E-state index in [1.54, 1.807) is 22.9 Å². The largest absolute Gasteiger partial charge is 0.483 e. The van der Waals surface area contributed by atoms with Gasteiger partial charge in [0.05, 0.1) is 28.8 Å². The predicted molar refractivity (Wildman–Crippen MR) is 141 cm³/mol. The molecular weight excluding hydrogens is 452 g/mol. The summed E-state index contributed by atoms with van der Waals surface area (Å²) in [6, 6.07) is 18.7. The molecule has 7 nitrogen and oxygen atoms in total. The van der Waals surface area contributed by atoms with Crippen LogP contribution in [-0.2, 0) is 17.8 Å². The number of amides is 1. The number of carbonyl (C=O) groups is 1. The highest BCUT2D eigenvalue weighted by Gasteiger charge is 2.21. The Kier molecular flexibility index (Phi) is 5.30. The summed E-state index contributed by atoms with van der Waals surface area (Å²) in [5.41, 5.74) is 3.90. The maximum atomic E-state index is 13.6. The van der Waals surface area contributed by atoms with Gasteiger partial charge in [-0.25, -0.2) is 0 Å². The van der Waals surface area contributed by atoms with Gasteiger partial charge in [0.1, 0.15) is 5.75 Å². The van der Waals surface area contributed by atoms with E-state index >= 15 is 0 Å². The summed E-state index contributed by atoms with van der Waals surface area (Å²) < 4.78 is 7.73. The van der Waals surface area contributed by atoms with Gasteiger partial charge in [0.15, 0.2) is 6.61 Å². The minimum atomic E-state index is -0.247. The molecular formula is C29H22N4O3. The van der Waals surface area contributed by atoms with Crippen LogP contribution >= 0.6 is 0 Å². The number of ether oxygens (including phenoxy) is 1. The molecule has 0 atom stereocenters. The first-order valence-electron chi connectivity index (χ1n) is 11.7. The molecule has 36 heavy (non-hydrogen) atoms. The maximum Gasteiger partial charge on any atom is 0.263 e. The van der Waals surface area contributed by atoms with Crippen LogP contribution < -0.4 is 15.6 Å². The molecule has 0 unspecified atom stereocenters. The van der Waals surface area contributed by atoms with E-state index in [9.17, 15) is 9.59 Å². The number of aromatic nitrogens is 3. The molecule has 0 aliphatic rings. The van der Waals surface area contributed by atoms with Crippen LogP contribution in [0.25, 0.3) is 38.1 Å². The molecule has 1 amide bonds. The Hall–Kier alpha value is -4.78. The third kappa shape index (κ3) is 3.44. The lowest BCUT2D eigenvalue weighted by Gasteiger charge is -2.12. The van der Waals surface area contributed by atoms with Crippen LogP contribution in [0.2, 0.25) is 0 Å². The lowest BCUT2D eigenvalue weighted by molar-refractivity contribution is -0.123. The first-order valence-corrected chi connectivity index (χ1v) is 11.7. The van der Waals surface area contributed by atoms with E-state index in [0.29, 0.717) is 24.1 Å². The highest BCUT2D eigenvalue weighted by Crippen LogP contribution is 2.38. The van der Waals surface area contributed by atoms with Crippen LogP contribution in [0.15, 0.2) is 90.5 Å². The average molecular weight is 475 g/mol. The zero-order chi connectivity index (χ0) is 24.6. The summed E-state index contributed by atoms with van der Waals surface area (Å²) in [6.07, 6.45) is 5.77. The molecule has 6 rings (SSSR count). The Morgan fingerprint density at radius 2 is 1.81 bits per heavy atom. The number of allylic oxidation sites excluding steroid dienone is 1. The molecule has 0 saturated heterocycles. The van der Waals surface area contributed by atoms with Crippen molar-refractivity contribution >= 4 is 44.0 Å². The lowest BCUT2D eigenvalue weighted by atomic mass is 10.0. The van der Waals surface area contributed by atoms with E-state index in [1.165, 1.54) is 0 Å². The van der Waals surface area contributed by atoms with E-state index in [1.807, 2.05) is 60.7 Å². The highest BCUT2D eigenvalue weighted by atomic mass is 16.5. The number of fused-ring (bicyclic) bond motifs is 5. The van der Waals surface area contributed by atoms with Crippen LogP contribution in [0.4, 0.5) is 0 Å². The first-order chi connectivity index (χ1) is 17.7. The number of benzene rings is 2. The molecule has 0 aliphatic carbocycles. The zero-order valence-corrected chi connectivity index (χ0v) is 19.4. The zero-order valence-electron chi connectivity index (χ0n) is 19.4. The summed E-state index contributed by atoms with van der Waals surface area (Å²) in [7, 11) is 0. The van der Waals surface area contributed by atoms with Gasteiger partial charge in [-0.2, -0.15) is 0 Å². The molecule has 0 saturated carbocycles. The van der Waals surface area contributed by atoms with Gasteiger partial charge >= 0.3 is 0 Å². The fraction of sp³-hybridized carbons (Fsp3) is 0.103. The third-order valence-electron chi connectivity index (χ3n) is 6.42. The van der Waals surface area contributed by atoms with Gasteiger partial charge in [-0.05, 0) is 42.8 Å². The van der Waals surface area contributed by atoms with Gasteiger partial charge < -0.3 is 10.1 Å². The molecule has 4 heterocycles. The average Bonchev–Trinajstić information content (AvgIpc) is 3.26. The molecule has 2 aromatic carbocycles. The van der Waals surface area contributed by atoms with Crippen LogP contribution in [0, 0.1) is 0 Å². The number of pyridine rings is 3. The molecule has 176 valence electrons. The van der Waals surface area contributed by atoms with Crippen molar-refractivity contribution in [2.45, 2.75) is 13.0 Å². The lowest BCUT2D eigenvalue weighted by Crippen LogP contribution is -2.28. The highest BCUT2D eigenvalue weighted by molar-refractivity contribution is 6.19. The van der Waals surface area contributed by atoms with E-state index in [-0.39, 0.29) is 18.1 Å². The number of hydrogen-bond donors (Lipinski definition) is 1. The van der Waals surface area contributed by atoms with Gasteiger partial charge in [0, 0.05) is 39.5 Å². The smallest absolute Gasteiger partial charge is 0.263 e. The second-order valence-electron chi connectivity index (χ2n) is 8.56. The quantitative estimate of drug-likeness (QED) is 0.274. The monoisotopic (exact) mass is 474 g/mol. The molecule has 6 aromatic rings. The fourth-order valence-corrected chi connectivity index (χ4v) is 4.88. The molecule has 0 spiro atoms. The van der Waals surface area contributed by atoms with E-state index in [4.69, 9.17) is 4.74 Å². The topological polar surface area (TPSA) is 85.6 Å². The molecule has 0 aliphatic heterocycles. The Labute approximate surface area is 206 Å². The van der Waals surface area contributed by atoms with Crippen LogP contribution in [0.1, 0.15) is 11.3 Å². The van der Waals surface area contributed by atoms with Crippen molar-refractivity contribution in [3.63, 3.8) is 0 Å². The van der Waals surface area contributed by atoms with Crippen molar-refractivity contribution in [1.29, 1.82) is 0 Å². The first kappa shape index (κ1) is 21.7. The van der Waals surface area contributed by atoms with Gasteiger partial charge in [-0.1, -0.05) is 30.3 Å². The summed E-state index contributed by atoms with van der Waals surface area (Å²) in [6.45, 7) is 4.10. The number of nitrogens with zero attached hydrogens (tertiary/aromatic N) is 3. The van der Waals surface area contributed by atoms with E-state index in [0.717, 1.165) is 44.0 Å². The Morgan fingerprint density at radius 1 is 0.972 bits per heavy atom. The second-order valence-corrected chi connectivity index (χ2v) is 8.56. The number of carbonyl (C=O) groups excluding carboxylic acids is 1. The Balaban J connectivity index is 1.45. The normalized spacial score (nSPS) is 11.4. The van der Waals surface area contributed by atoms with Gasteiger partial charge in [0.25, 0.3) is 11.5 Å². The molecule has 7 heteroatoms. The van der Waals surface area contributed by atoms with Crippen LogP contribution in [0.5, 0.6) is 5.75 Å². The molecule has 4 aromatic heterocycles. The van der Waals surface area contributed by atoms with Crippen molar-refractivity contribution in [3.05, 3.63) is 107 Å². The number of hydrogen-bond acceptors (Lipinski definition) is 5. The minimum Gasteiger partial charge on any atom is -0.483 e. The van der Waals surface area contributed by atoms with Gasteiger partial charge in [-0.15, -0.1) is 6.58 Å². The standard InChI is InChI=1S/C29H22N4O3/c1-2-7-21-24(36-17-25(34)32-16-18-8-5-6-14-30-18)12-11-23-26(21)22-13-15-31-27-19-9-3-4-10-20(19)29(35)33(23)28(22)27/h2-6,8-15H,1,7,16-17H2,(H,32,34). The van der Waals surface area contributed by atoms with Gasteiger partial charge in [0.2, 0.25) is 0 Å². The third-order valence-corrected chi connectivity index (χ3v) is 6.42. The summed E-state index contributed by atoms with van der Waals surface area (Å²) >= 11 is 0. The van der Waals surface area contributed by atoms with Crippen molar-refractivity contribution in [1.82, 2.24) is 19.7 Å². The van der Waals surface area contributed by atoms with Crippen molar-refractivity contribution in [2.75, 3.05) is 6.61 Å². The fourth-order valence-electron chi connectivity index (χ4n) is 4.88. The van der Waals surface area contributed by atoms with Gasteiger partial charge in [-0.3, -0.25) is 24.0 Å². The maximum absolute atomic E-state index is 13.6. The summed E-state index contributed by atoms with van der Waals surface area (Å²) in [5, 5.41) is 6.10. The van der Waals surface area contributed by atoms with Crippen molar-refractivity contribution in [2.24, 2.45) is 0 Å². The van der Waals surface area contributed by atoms with Crippen LogP contribution in [-0.4, -0.2) is 26.9 Å². The Morgan fingerprint density at radius 3 is 2.61 bits per heavy atom. The molecule has 0 fully saturated rings. The Bertz CT molecular complexity index is 1830. The number of nitrogens with one attached hydrogen (secondary N) is 1.